The maximum absolute atomic E-state index is 12.5. The van der Waals surface area contributed by atoms with E-state index in [0.717, 1.165) is 10.0 Å². The van der Waals surface area contributed by atoms with Gasteiger partial charge in [0.1, 0.15) is 5.75 Å². The Morgan fingerprint density at radius 1 is 1.11 bits per heavy atom. The molecule has 2 aromatic carbocycles. The highest BCUT2D eigenvalue weighted by Crippen LogP contribution is 2.33. The van der Waals surface area contributed by atoms with E-state index in [0.29, 0.717) is 35.2 Å². The summed E-state index contributed by atoms with van der Waals surface area (Å²) < 4.78 is 17.3. The largest absolute Gasteiger partial charge is 0.493 e. The Morgan fingerprint density at radius 3 is 2.30 bits per heavy atom. The van der Waals surface area contributed by atoms with Crippen molar-refractivity contribution < 1.29 is 19.0 Å². The summed E-state index contributed by atoms with van der Waals surface area (Å²) >= 11 is 9.39. The van der Waals surface area contributed by atoms with Gasteiger partial charge in [-0.15, -0.1) is 0 Å². The average Bonchev–Trinajstić information content (AvgIpc) is 2.64. The summed E-state index contributed by atoms with van der Waals surface area (Å²) in [5.41, 5.74) is -0.00720. The Labute approximate surface area is 173 Å². The standard InChI is InChI=1S/C20H23BrClNO4/c1-20(2,27-15-7-5-14(22)6-8-15)19(24)23-10-9-13-11-17(25-3)18(26-4)12-16(13)21/h5-8,11-12H,9-10H2,1-4H3,(H,23,24). The first-order valence-electron chi connectivity index (χ1n) is 8.40. The molecule has 0 aromatic heterocycles. The van der Waals surface area contributed by atoms with Crippen LogP contribution in [0.25, 0.3) is 0 Å². The molecule has 2 rings (SSSR count). The first kappa shape index (κ1) is 21.4. The number of carbonyl (C=O) groups is 1. The van der Waals surface area contributed by atoms with Crippen LogP contribution in [-0.4, -0.2) is 32.3 Å². The highest BCUT2D eigenvalue weighted by Gasteiger charge is 2.29. The van der Waals surface area contributed by atoms with Gasteiger partial charge in [-0.25, -0.2) is 0 Å². The third kappa shape index (κ3) is 5.78. The van der Waals surface area contributed by atoms with Crippen molar-refractivity contribution in [2.24, 2.45) is 0 Å². The minimum absolute atomic E-state index is 0.200. The normalized spacial score (nSPS) is 11.0. The van der Waals surface area contributed by atoms with E-state index < -0.39 is 5.60 Å². The summed E-state index contributed by atoms with van der Waals surface area (Å²) in [6.45, 7) is 3.91. The monoisotopic (exact) mass is 455 g/mol. The third-order valence-electron chi connectivity index (χ3n) is 3.97. The van der Waals surface area contributed by atoms with Crippen LogP contribution >= 0.6 is 27.5 Å². The fourth-order valence-electron chi connectivity index (χ4n) is 2.46. The quantitative estimate of drug-likeness (QED) is 0.629. The number of amides is 1. The van der Waals surface area contributed by atoms with Gasteiger partial charge >= 0.3 is 0 Å². The first-order chi connectivity index (χ1) is 12.8. The molecule has 0 aliphatic carbocycles. The van der Waals surface area contributed by atoms with Crippen molar-refractivity contribution in [3.05, 3.63) is 51.5 Å². The molecule has 0 aliphatic rings. The van der Waals surface area contributed by atoms with E-state index in [9.17, 15) is 4.79 Å². The number of halogens is 2. The molecule has 27 heavy (non-hydrogen) atoms. The van der Waals surface area contributed by atoms with Gasteiger partial charge in [-0.05, 0) is 62.2 Å². The van der Waals surface area contributed by atoms with Gasteiger partial charge in [-0.3, -0.25) is 4.79 Å². The summed E-state index contributed by atoms with van der Waals surface area (Å²) in [5.74, 6) is 1.68. The zero-order chi connectivity index (χ0) is 20.0. The maximum atomic E-state index is 12.5. The van der Waals surface area contributed by atoms with Gasteiger partial charge in [0, 0.05) is 16.0 Å². The lowest BCUT2D eigenvalue weighted by molar-refractivity contribution is -0.134. The van der Waals surface area contributed by atoms with Crippen molar-refractivity contribution in [2.75, 3.05) is 20.8 Å². The third-order valence-corrected chi connectivity index (χ3v) is 4.96. The zero-order valence-electron chi connectivity index (χ0n) is 15.8. The number of benzene rings is 2. The summed E-state index contributed by atoms with van der Waals surface area (Å²) in [5, 5.41) is 3.53. The van der Waals surface area contributed by atoms with Gasteiger partial charge < -0.3 is 19.5 Å². The highest BCUT2D eigenvalue weighted by molar-refractivity contribution is 9.10. The van der Waals surface area contributed by atoms with Crippen LogP contribution < -0.4 is 19.5 Å². The lowest BCUT2D eigenvalue weighted by Crippen LogP contribution is -2.47. The van der Waals surface area contributed by atoms with Crippen molar-refractivity contribution in [3.63, 3.8) is 0 Å². The fraction of sp³-hybridized carbons (Fsp3) is 0.350. The van der Waals surface area contributed by atoms with Gasteiger partial charge in [0.25, 0.3) is 5.91 Å². The molecule has 0 heterocycles. The minimum Gasteiger partial charge on any atom is -0.493 e. The van der Waals surface area contributed by atoms with Gasteiger partial charge in [0.2, 0.25) is 0 Å². The molecule has 0 bridgehead atoms. The van der Waals surface area contributed by atoms with Gasteiger partial charge in [-0.1, -0.05) is 27.5 Å². The Balaban J connectivity index is 1.95. The molecule has 0 aliphatic heterocycles. The van der Waals surface area contributed by atoms with E-state index in [1.807, 2.05) is 12.1 Å². The number of nitrogens with one attached hydrogen (secondary N) is 1. The smallest absolute Gasteiger partial charge is 0.263 e. The van der Waals surface area contributed by atoms with Gasteiger partial charge in [0.15, 0.2) is 17.1 Å². The summed E-state index contributed by atoms with van der Waals surface area (Å²) in [6, 6.07) is 10.7. The number of rotatable bonds is 8. The molecule has 0 saturated carbocycles. The highest BCUT2D eigenvalue weighted by atomic mass is 79.9. The number of carbonyl (C=O) groups excluding carboxylic acids is 1. The van der Waals surface area contributed by atoms with Crippen molar-refractivity contribution in [3.8, 4) is 17.2 Å². The molecule has 0 unspecified atom stereocenters. The van der Waals surface area contributed by atoms with Gasteiger partial charge in [-0.2, -0.15) is 0 Å². The Morgan fingerprint density at radius 2 is 1.70 bits per heavy atom. The van der Waals surface area contributed by atoms with E-state index in [-0.39, 0.29) is 5.91 Å². The molecule has 5 nitrogen and oxygen atoms in total. The molecule has 2 aromatic rings. The van der Waals surface area contributed by atoms with Crippen LogP contribution in [0.1, 0.15) is 19.4 Å². The molecule has 146 valence electrons. The van der Waals surface area contributed by atoms with Gasteiger partial charge in [0.05, 0.1) is 14.2 Å². The first-order valence-corrected chi connectivity index (χ1v) is 9.57. The fourth-order valence-corrected chi connectivity index (χ4v) is 3.10. The predicted molar refractivity (Wildman–Crippen MR) is 110 cm³/mol. The molecule has 1 N–H and O–H groups in total. The lowest BCUT2D eigenvalue weighted by atomic mass is 10.1. The lowest BCUT2D eigenvalue weighted by Gasteiger charge is -2.25. The van der Waals surface area contributed by atoms with Crippen LogP contribution in [0.4, 0.5) is 0 Å². The molecule has 0 fully saturated rings. The molecule has 0 saturated heterocycles. The van der Waals surface area contributed by atoms with Crippen molar-refractivity contribution in [1.29, 1.82) is 0 Å². The van der Waals surface area contributed by atoms with E-state index in [4.69, 9.17) is 25.8 Å². The second-order valence-electron chi connectivity index (χ2n) is 6.37. The summed E-state index contributed by atoms with van der Waals surface area (Å²) in [6.07, 6.45) is 0.629. The van der Waals surface area contributed by atoms with Crippen molar-refractivity contribution >= 4 is 33.4 Å². The van der Waals surface area contributed by atoms with E-state index in [2.05, 4.69) is 21.2 Å². The van der Waals surface area contributed by atoms with Crippen molar-refractivity contribution in [2.45, 2.75) is 25.9 Å². The minimum atomic E-state index is -1.01. The predicted octanol–water partition coefficient (Wildman–Crippen LogP) is 4.64. The molecule has 0 radical (unpaired) electrons. The average molecular weight is 457 g/mol. The second kappa shape index (κ2) is 9.33. The number of ether oxygens (including phenoxy) is 3. The maximum Gasteiger partial charge on any atom is 0.263 e. The number of hydrogen-bond acceptors (Lipinski definition) is 4. The Hall–Kier alpha value is -1.92. The Kier molecular flexibility index (Phi) is 7.39. The number of methoxy groups -OCH3 is 2. The summed E-state index contributed by atoms with van der Waals surface area (Å²) in [4.78, 5) is 12.5. The summed E-state index contributed by atoms with van der Waals surface area (Å²) in [7, 11) is 3.18. The van der Waals surface area contributed by atoms with Crippen LogP contribution in [0.15, 0.2) is 40.9 Å². The Bertz CT molecular complexity index is 793. The molecular formula is C20H23BrClNO4. The van der Waals surface area contributed by atoms with E-state index in [1.165, 1.54) is 0 Å². The van der Waals surface area contributed by atoms with Crippen LogP contribution in [-0.2, 0) is 11.2 Å². The number of hydrogen-bond donors (Lipinski definition) is 1. The molecule has 1 amide bonds. The molecule has 0 spiro atoms. The zero-order valence-corrected chi connectivity index (χ0v) is 18.1. The molecular weight excluding hydrogens is 434 g/mol. The topological polar surface area (TPSA) is 56.8 Å². The van der Waals surface area contributed by atoms with Crippen LogP contribution in [0, 0.1) is 0 Å². The second-order valence-corrected chi connectivity index (χ2v) is 7.66. The van der Waals surface area contributed by atoms with Crippen LogP contribution in [0.5, 0.6) is 17.2 Å². The molecule has 0 atom stereocenters. The van der Waals surface area contributed by atoms with E-state index >= 15 is 0 Å². The van der Waals surface area contributed by atoms with Crippen LogP contribution in [0.2, 0.25) is 5.02 Å². The van der Waals surface area contributed by atoms with Crippen molar-refractivity contribution in [1.82, 2.24) is 5.32 Å². The molecule has 7 heteroatoms. The SMILES string of the molecule is COc1cc(Br)c(CCNC(=O)C(C)(C)Oc2ccc(Cl)cc2)cc1OC. The van der Waals surface area contributed by atoms with Crippen LogP contribution in [0.3, 0.4) is 0 Å². The van der Waals surface area contributed by atoms with E-state index in [1.54, 1.807) is 52.3 Å².